The van der Waals surface area contributed by atoms with Gasteiger partial charge in [-0.05, 0) is 24.7 Å². The van der Waals surface area contributed by atoms with Gasteiger partial charge in [0, 0.05) is 53.0 Å². The first kappa shape index (κ1) is 19.3. The monoisotopic (exact) mass is 367 g/mol. The quantitative estimate of drug-likeness (QED) is 0.845. The molecule has 1 saturated heterocycles. The van der Waals surface area contributed by atoms with E-state index in [9.17, 15) is 4.79 Å². The first-order valence-corrected chi connectivity index (χ1v) is 9.44. The van der Waals surface area contributed by atoms with Crippen molar-refractivity contribution < 1.29 is 4.79 Å². The van der Waals surface area contributed by atoms with Crippen molar-refractivity contribution in [3.63, 3.8) is 0 Å². The molecule has 1 aromatic carbocycles. The van der Waals surface area contributed by atoms with Gasteiger partial charge in [-0.1, -0.05) is 30.3 Å². The topological polar surface area (TPSA) is 51.7 Å². The van der Waals surface area contributed by atoms with Gasteiger partial charge in [0.2, 0.25) is 0 Å². The Morgan fingerprint density at radius 1 is 1.11 bits per heavy atom. The number of hydrogen-bond donors (Lipinski definition) is 1. The molecule has 1 fully saturated rings. The van der Waals surface area contributed by atoms with Crippen molar-refractivity contribution in [1.82, 2.24) is 20.1 Å². The van der Waals surface area contributed by atoms with E-state index in [4.69, 9.17) is 0 Å². The van der Waals surface area contributed by atoms with Gasteiger partial charge in [0.25, 0.3) is 5.91 Å². The predicted octanol–water partition coefficient (Wildman–Crippen LogP) is 1.87. The fraction of sp³-hybridized carbons (Fsp3) is 0.429. The fourth-order valence-corrected chi connectivity index (χ4v) is 3.48. The lowest BCUT2D eigenvalue weighted by Crippen LogP contribution is -2.48. The van der Waals surface area contributed by atoms with Gasteiger partial charge < -0.3 is 15.1 Å². The molecule has 0 radical (unpaired) electrons. The van der Waals surface area contributed by atoms with E-state index in [0.717, 1.165) is 26.2 Å². The maximum atomic E-state index is 12.8. The van der Waals surface area contributed by atoms with Crippen LogP contribution in [-0.4, -0.2) is 74.6 Å². The number of hydrogen-bond acceptors (Lipinski definition) is 5. The van der Waals surface area contributed by atoms with E-state index in [2.05, 4.69) is 51.4 Å². The third-order valence-corrected chi connectivity index (χ3v) is 5.07. The molecule has 0 spiro atoms. The Bertz CT molecular complexity index is 741. The molecular formula is C21H29N5O. The zero-order valence-electron chi connectivity index (χ0n) is 16.4. The molecule has 3 rings (SSSR count). The second-order valence-electron chi connectivity index (χ2n) is 7.24. The number of benzene rings is 1. The second-order valence-corrected chi connectivity index (χ2v) is 7.24. The zero-order chi connectivity index (χ0) is 19.2. The summed E-state index contributed by atoms with van der Waals surface area (Å²) < 4.78 is 0. The number of anilines is 1. The molecule has 1 aliphatic rings. The molecule has 0 bridgehead atoms. The van der Waals surface area contributed by atoms with Crippen LogP contribution in [-0.2, 0) is 0 Å². The summed E-state index contributed by atoms with van der Waals surface area (Å²) in [6.07, 6.45) is 1.71. The summed E-state index contributed by atoms with van der Waals surface area (Å²) in [6, 6.07) is 14.2. The number of piperazine rings is 1. The third kappa shape index (κ3) is 4.84. The number of carbonyl (C=O) groups is 1. The Labute approximate surface area is 161 Å². The molecule has 27 heavy (non-hydrogen) atoms. The molecule has 1 amide bonds. The second kappa shape index (κ2) is 8.97. The molecule has 1 aromatic heterocycles. The summed E-state index contributed by atoms with van der Waals surface area (Å²) in [5.41, 5.74) is 1.84. The van der Waals surface area contributed by atoms with E-state index in [1.807, 2.05) is 31.1 Å². The van der Waals surface area contributed by atoms with Gasteiger partial charge >= 0.3 is 0 Å². The summed E-state index contributed by atoms with van der Waals surface area (Å²) in [7, 11) is 5.95. The standard InChI is InChI=1S/C21H29N5O/c1-24(2)20-18(10-7-11-22-20)21(27)23-16-19(17-8-5-4-6-9-17)26-14-12-25(3)13-15-26/h4-11,19H,12-16H2,1-3H3,(H,23,27). The van der Waals surface area contributed by atoms with E-state index in [0.29, 0.717) is 17.9 Å². The van der Waals surface area contributed by atoms with Crippen molar-refractivity contribution in [2.75, 3.05) is 58.8 Å². The molecule has 1 aliphatic heterocycles. The van der Waals surface area contributed by atoms with E-state index >= 15 is 0 Å². The lowest BCUT2D eigenvalue weighted by atomic mass is 10.0. The van der Waals surface area contributed by atoms with Crippen molar-refractivity contribution in [3.8, 4) is 0 Å². The van der Waals surface area contributed by atoms with Crippen molar-refractivity contribution in [2.24, 2.45) is 0 Å². The lowest BCUT2D eigenvalue weighted by molar-refractivity contribution is 0.0886. The van der Waals surface area contributed by atoms with Crippen LogP contribution in [0, 0.1) is 0 Å². The summed E-state index contributed by atoms with van der Waals surface area (Å²) >= 11 is 0. The Morgan fingerprint density at radius 3 is 2.48 bits per heavy atom. The van der Waals surface area contributed by atoms with Crippen molar-refractivity contribution >= 4 is 11.7 Å². The van der Waals surface area contributed by atoms with Crippen LogP contribution in [0.15, 0.2) is 48.7 Å². The van der Waals surface area contributed by atoms with Crippen LogP contribution in [0.25, 0.3) is 0 Å². The smallest absolute Gasteiger partial charge is 0.255 e. The number of nitrogens with zero attached hydrogens (tertiary/aromatic N) is 4. The van der Waals surface area contributed by atoms with Crippen LogP contribution in [0.4, 0.5) is 5.82 Å². The van der Waals surface area contributed by atoms with E-state index in [1.54, 1.807) is 12.3 Å². The Balaban J connectivity index is 1.74. The van der Waals surface area contributed by atoms with E-state index in [-0.39, 0.29) is 11.9 Å². The van der Waals surface area contributed by atoms with Crippen molar-refractivity contribution in [1.29, 1.82) is 0 Å². The van der Waals surface area contributed by atoms with Gasteiger partial charge in [0.1, 0.15) is 5.82 Å². The summed E-state index contributed by atoms with van der Waals surface area (Å²) in [5.74, 6) is 0.604. The minimum atomic E-state index is -0.0816. The fourth-order valence-electron chi connectivity index (χ4n) is 3.48. The number of nitrogens with one attached hydrogen (secondary N) is 1. The number of carbonyl (C=O) groups excluding carboxylic acids is 1. The van der Waals surface area contributed by atoms with E-state index in [1.165, 1.54) is 5.56 Å². The Hall–Kier alpha value is -2.44. The molecule has 144 valence electrons. The maximum absolute atomic E-state index is 12.8. The summed E-state index contributed by atoms with van der Waals surface area (Å²) in [5, 5.41) is 3.14. The average Bonchev–Trinajstić information content (AvgIpc) is 2.70. The lowest BCUT2D eigenvalue weighted by Gasteiger charge is -2.38. The summed E-state index contributed by atoms with van der Waals surface area (Å²) in [6.45, 7) is 4.67. The van der Waals surface area contributed by atoms with Gasteiger partial charge in [0.05, 0.1) is 11.6 Å². The Kier molecular flexibility index (Phi) is 6.42. The van der Waals surface area contributed by atoms with Gasteiger partial charge in [-0.15, -0.1) is 0 Å². The normalized spacial score (nSPS) is 16.7. The highest BCUT2D eigenvalue weighted by molar-refractivity contribution is 5.98. The van der Waals surface area contributed by atoms with Crippen LogP contribution in [0.1, 0.15) is 22.0 Å². The number of amides is 1. The zero-order valence-corrected chi connectivity index (χ0v) is 16.4. The minimum absolute atomic E-state index is 0.0816. The highest BCUT2D eigenvalue weighted by Crippen LogP contribution is 2.22. The molecule has 0 aliphatic carbocycles. The number of likely N-dealkylation sites (N-methyl/N-ethyl adjacent to an activating group) is 1. The molecule has 1 atom stereocenters. The number of aromatic nitrogens is 1. The van der Waals surface area contributed by atoms with Crippen molar-refractivity contribution in [2.45, 2.75) is 6.04 Å². The van der Waals surface area contributed by atoms with Crippen LogP contribution < -0.4 is 10.2 Å². The van der Waals surface area contributed by atoms with E-state index < -0.39 is 0 Å². The molecule has 2 aromatic rings. The third-order valence-electron chi connectivity index (χ3n) is 5.07. The first-order valence-electron chi connectivity index (χ1n) is 9.44. The molecule has 6 nitrogen and oxygen atoms in total. The van der Waals surface area contributed by atoms with Crippen LogP contribution >= 0.6 is 0 Å². The number of rotatable bonds is 6. The molecule has 6 heteroatoms. The number of pyridine rings is 1. The maximum Gasteiger partial charge on any atom is 0.255 e. The first-order chi connectivity index (χ1) is 13.1. The van der Waals surface area contributed by atoms with Gasteiger partial charge in [-0.3, -0.25) is 9.69 Å². The molecule has 0 saturated carbocycles. The minimum Gasteiger partial charge on any atom is -0.362 e. The predicted molar refractivity (Wildman–Crippen MR) is 109 cm³/mol. The van der Waals surface area contributed by atoms with Crippen LogP contribution in [0.5, 0.6) is 0 Å². The van der Waals surface area contributed by atoms with Gasteiger partial charge in [0.15, 0.2) is 0 Å². The largest absolute Gasteiger partial charge is 0.362 e. The van der Waals surface area contributed by atoms with Gasteiger partial charge in [-0.2, -0.15) is 0 Å². The van der Waals surface area contributed by atoms with Crippen LogP contribution in [0.3, 0.4) is 0 Å². The van der Waals surface area contributed by atoms with Crippen molar-refractivity contribution in [3.05, 3.63) is 59.8 Å². The Morgan fingerprint density at radius 2 is 1.81 bits per heavy atom. The molecule has 1 unspecified atom stereocenters. The SMILES string of the molecule is CN1CCN(C(CNC(=O)c2cccnc2N(C)C)c2ccccc2)CC1. The molecule has 1 N–H and O–H groups in total. The van der Waals surface area contributed by atoms with Gasteiger partial charge in [-0.25, -0.2) is 4.98 Å². The highest BCUT2D eigenvalue weighted by atomic mass is 16.1. The highest BCUT2D eigenvalue weighted by Gasteiger charge is 2.25. The molecule has 2 heterocycles. The average molecular weight is 367 g/mol. The molecular weight excluding hydrogens is 338 g/mol. The summed E-state index contributed by atoms with van der Waals surface area (Å²) in [4.78, 5) is 23.8. The van der Waals surface area contributed by atoms with Crippen LogP contribution in [0.2, 0.25) is 0 Å².